The second-order valence-corrected chi connectivity index (χ2v) is 4.14. The van der Waals surface area contributed by atoms with E-state index in [0.29, 0.717) is 5.69 Å². The van der Waals surface area contributed by atoms with Gasteiger partial charge in [0, 0.05) is 5.39 Å². The van der Waals surface area contributed by atoms with Gasteiger partial charge in [0.15, 0.2) is 0 Å². The molecule has 0 saturated heterocycles. The average molecular weight is 214 g/mol. The Balaban J connectivity index is 2.76. The van der Waals surface area contributed by atoms with Crippen molar-refractivity contribution in [3.8, 4) is 0 Å². The molecule has 2 N–H and O–H groups in total. The highest BCUT2D eigenvalue weighted by Crippen LogP contribution is 2.22. The van der Waals surface area contributed by atoms with Crippen LogP contribution in [0.4, 0.5) is 0 Å². The van der Waals surface area contributed by atoms with E-state index in [1.165, 1.54) is 0 Å². The molecule has 0 radical (unpaired) electrons. The van der Waals surface area contributed by atoms with Crippen molar-refractivity contribution in [2.24, 2.45) is 5.73 Å². The van der Waals surface area contributed by atoms with Crippen molar-refractivity contribution in [1.29, 1.82) is 0 Å². The Hall–Kier alpha value is -1.90. The first-order valence-corrected chi connectivity index (χ1v) is 5.29. The zero-order valence-corrected chi connectivity index (χ0v) is 9.40. The lowest BCUT2D eigenvalue weighted by atomic mass is 9.99. The van der Waals surface area contributed by atoms with Crippen molar-refractivity contribution in [3.05, 3.63) is 41.6 Å². The van der Waals surface area contributed by atoms with Crippen LogP contribution >= 0.6 is 0 Å². The number of rotatable bonds is 2. The monoisotopic (exact) mass is 214 g/mol. The third-order valence-electron chi connectivity index (χ3n) is 2.61. The van der Waals surface area contributed by atoms with E-state index in [-0.39, 0.29) is 5.92 Å². The van der Waals surface area contributed by atoms with Crippen LogP contribution in [0.3, 0.4) is 0 Å². The summed E-state index contributed by atoms with van der Waals surface area (Å²) >= 11 is 0. The maximum atomic E-state index is 11.3. The second-order valence-electron chi connectivity index (χ2n) is 4.14. The highest BCUT2D eigenvalue weighted by atomic mass is 16.1. The Morgan fingerprint density at radius 1 is 1.31 bits per heavy atom. The van der Waals surface area contributed by atoms with E-state index in [4.69, 9.17) is 5.73 Å². The van der Waals surface area contributed by atoms with Gasteiger partial charge in [-0.05, 0) is 23.6 Å². The number of amides is 1. The van der Waals surface area contributed by atoms with E-state index >= 15 is 0 Å². The van der Waals surface area contributed by atoms with Gasteiger partial charge in [0.2, 0.25) is 0 Å². The third-order valence-corrected chi connectivity index (χ3v) is 2.61. The van der Waals surface area contributed by atoms with E-state index in [1.807, 2.05) is 44.2 Å². The first-order chi connectivity index (χ1) is 7.59. The van der Waals surface area contributed by atoms with Crippen LogP contribution < -0.4 is 5.73 Å². The fraction of sp³-hybridized carbons (Fsp3) is 0.231. The smallest absolute Gasteiger partial charge is 0.267 e. The average Bonchev–Trinajstić information content (AvgIpc) is 2.27. The second kappa shape index (κ2) is 3.93. The minimum Gasteiger partial charge on any atom is -0.364 e. The van der Waals surface area contributed by atoms with Crippen LogP contribution in [0.5, 0.6) is 0 Å². The van der Waals surface area contributed by atoms with Crippen molar-refractivity contribution in [2.45, 2.75) is 19.8 Å². The fourth-order valence-electron chi connectivity index (χ4n) is 1.77. The van der Waals surface area contributed by atoms with E-state index < -0.39 is 5.91 Å². The van der Waals surface area contributed by atoms with Gasteiger partial charge in [-0.2, -0.15) is 0 Å². The molecule has 3 heteroatoms. The number of pyridine rings is 1. The van der Waals surface area contributed by atoms with Crippen molar-refractivity contribution in [3.63, 3.8) is 0 Å². The van der Waals surface area contributed by atoms with Crippen LogP contribution in [0.15, 0.2) is 30.3 Å². The van der Waals surface area contributed by atoms with Crippen molar-refractivity contribution in [2.75, 3.05) is 0 Å². The molecule has 0 aliphatic carbocycles. The lowest BCUT2D eigenvalue weighted by Gasteiger charge is -2.10. The van der Waals surface area contributed by atoms with Crippen LogP contribution in [0.2, 0.25) is 0 Å². The largest absolute Gasteiger partial charge is 0.364 e. The Labute approximate surface area is 94.3 Å². The lowest BCUT2D eigenvalue weighted by molar-refractivity contribution is 0.0994. The van der Waals surface area contributed by atoms with Crippen LogP contribution in [-0.2, 0) is 0 Å². The number of nitrogens with two attached hydrogens (primary N) is 1. The lowest BCUT2D eigenvalue weighted by Crippen LogP contribution is -2.16. The minimum absolute atomic E-state index is 0.236. The van der Waals surface area contributed by atoms with Crippen LogP contribution in [0, 0.1) is 0 Å². The summed E-state index contributed by atoms with van der Waals surface area (Å²) < 4.78 is 0. The number of carbonyl (C=O) groups excluding carboxylic acids is 1. The first kappa shape index (κ1) is 10.6. The molecule has 2 rings (SSSR count). The number of hydrogen-bond acceptors (Lipinski definition) is 2. The van der Waals surface area contributed by atoms with Gasteiger partial charge >= 0.3 is 0 Å². The maximum absolute atomic E-state index is 11.3. The molecule has 2 aromatic rings. The molecule has 1 aromatic heterocycles. The zero-order valence-electron chi connectivity index (χ0n) is 9.40. The molecule has 0 saturated carbocycles. The molecule has 82 valence electrons. The van der Waals surface area contributed by atoms with Gasteiger partial charge in [-0.25, -0.2) is 4.98 Å². The molecule has 0 fully saturated rings. The Bertz CT molecular complexity index is 547. The Morgan fingerprint density at radius 3 is 2.62 bits per heavy atom. The SMILES string of the molecule is CC(C)c1cc2ccccc2nc1C(N)=O. The molecule has 3 nitrogen and oxygen atoms in total. The van der Waals surface area contributed by atoms with Crippen LogP contribution in [-0.4, -0.2) is 10.9 Å². The molecule has 0 atom stereocenters. The van der Waals surface area contributed by atoms with E-state index in [0.717, 1.165) is 16.5 Å². The van der Waals surface area contributed by atoms with E-state index in [1.54, 1.807) is 0 Å². The van der Waals surface area contributed by atoms with Crippen LogP contribution in [0.25, 0.3) is 10.9 Å². The third kappa shape index (κ3) is 1.76. The summed E-state index contributed by atoms with van der Waals surface area (Å²) in [5, 5.41) is 1.04. The summed E-state index contributed by atoms with van der Waals surface area (Å²) in [6.45, 7) is 4.05. The summed E-state index contributed by atoms with van der Waals surface area (Å²) in [5.41, 5.74) is 7.44. The molecule has 0 aliphatic rings. The Morgan fingerprint density at radius 2 is 2.00 bits per heavy atom. The van der Waals surface area contributed by atoms with Crippen molar-refractivity contribution < 1.29 is 4.79 Å². The number of hydrogen-bond donors (Lipinski definition) is 1. The van der Waals surface area contributed by atoms with E-state index in [9.17, 15) is 4.79 Å². The predicted molar refractivity (Wildman–Crippen MR) is 64.3 cm³/mol. The summed E-state index contributed by atoms with van der Waals surface area (Å²) in [6, 6.07) is 9.71. The summed E-state index contributed by atoms with van der Waals surface area (Å²) in [4.78, 5) is 15.7. The summed E-state index contributed by atoms with van der Waals surface area (Å²) in [5.74, 6) is -0.228. The van der Waals surface area contributed by atoms with Gasteiger partial charge in [-0.1, -0.05) is 32.0 Å². The van der Waals surface area contributed by atoms with Gasteiger partial charge in [0.1, 0.15) is 5.69 Å². The highest BCUT2D eigenvalue weighted by molar-refractivity contribution is 5.95. The number of aromatic nitrogens is 1. The molecular weight excluding hydrogens is 200 g/mol. The normalized spacial score (nSPS) is 10.9. The number of nitrogens with zero attached hydrogens (tertiary/aromatic N) is 1. The molecule has 1 heterocycles. The summed E-state index contributed by atoms with van der Waals surface area (Å²) in [6.07, 6.45) is 0. The number of carbonyl (C=O) groups is 1. The number of para-hydroxylation sites is 1. The molecule has 0 spiro atoms. The van der Waals surface area contributed by atoms with Gasteiger partial charge in [0.05, 0.1) is 5.52 Å². The van der Waals surface area contributed by atoms with Gasteiger partial charge in [-0.3, -0.25) is 4.79 Å². The van der Waals surface area contributed by atoms with Gasteiger partial charge in [-0.15, -0.1) is 0 Å². The van der Waals surface area contributed by atoms with Crippen molar-refractivity contribution in [1.82, 2.24) is 4.98 Å². The van der Waals surface area contributed by atoms with Gasteiger partial charge < -0.3 is 5.73 Å². The highest BCUT2D eigenvalue weighted by Gasteiger charge is 2.13. The number of fused-ring (bicyclic) bond motifs is 1. The molecule has 0 aliphatic heterocycles. The standard InChI is InChI=1S/C13H14N2O/c1-8(2)10-7-9-5-3-4-6-11(9)15-12(10)13(14)16/h3-8H,1-2H3,(H2,14,16). The zero-order chi connectivity index (χ0) is 11.7. The minimum atomic E-state index is -0.463. The van der Waals surface area contributed by atoms with Crippen LogP contribution in [0.1, 0.15) is 35.8 Å². The molecule has 16 heavy (non-hydrogen) atoms. The maximum Gasteiger partial charge on any atom is 0.267 e. The van der Waals surface area contributed by atoms with Crippen molar-refractivity contribution >= 4 is 16.8 Å². The predicted octanol–water partition coefficient (Wildman–Crippen LogP) is 2.46. The molecule has 1 aromatic carbocycles. The quantitative estimate of drug-likeness (QED) is 0.834. The molecule has 0 unspecified atom stereocenters. The molecular formula is C13H14N2O. The number of benzene rings is 1. The molecule has 0 bridgehead atoms. The van der Waals surface area contributed by atoms with Gasteiger partial charge in [0.25, 0.3) is 5.91 Å². The summed E-state index contributed by atoms with van der Waals surface area (Å²) in [7, 11) is 0. The number of primary amides is 1. The first-order valence-electron chi connectivity index (χ1n) is 5.29. The topological polar surface area (TPSA) is 56.0 Å². The Kier molecular flexibility index (Phi) is 2.60. The molecule has 1 amide bonds. The fourth-order valence-corrected chi connectivity index (χ4v) is 1.77. The van der Waals surface area contributed by atoms with E-state index in [2.05, 4.69) is 4.98 Å².